The molecular formula is C20H20N4O3S2. The van der Waals surface area contributed by atoms with E-state index in [1.807, 2.05) is 36.4 Å². The van der Waals surface area contributed by atoms with E-state index in [-0.39, 0.29) is 11.6 Å². The summed E-state index contributed by atoms with van der Waals surface area (Å²) in [6.07, 6.45) is -0.625. The molecule has 4 rings (SSSR count). The van der Waals surface area contributed by atoms with Gasteiger partial charge in [-0.25, -0.2) is 23.4 Å². The van der Waals surface area contributed by atoms with Crippen molar-refractivity contribution in [2.75, 3.05) is 5.32 Å². The van der Waals surface area contributed by atoms with Gasteiger partial charge in [-0.2, -0.15) is 0 Å². The Kier molecular flexibility index (Phi) is 5.20. The van der Waals surface area contributed by atoms with Crippen molar-refractivity contribution in [3.63, 3.8) is 0 Å². The monoisotopic (exact) mass is 428 g/mol. The van der Waals surface area contributed by atoms with Gasteiger partial charge in [-0.1, -0.05) is 35.6 Å². The van der Waals surface area contributed by atoms with Crippen LogP contribution in [-0.4, -0.2) is 39.8 Å². The van der Waals surface area contributed by atoms with Gasteiger partial charge in [0.2, 0.25) is 15.0 Å². The lowest BCUT2D eigenvalue weighted by molar-refractivity contribution is 0.184. The fourth-order valence-corrected chi connectivity index (χ4v) is 5.29. The van der Waals surface area contributed by atoms with Crippen molar-refractivity contribution in [2.45, 2.75) is 36.8 Å². The second-order valence-electron chi connectivity index (χ2n) is 6.92. The number of aliphatic hydroxyl groups excluding tert-OH is 1. The Labute approximate surface area is 172 Å². The molecule has 7 nitrogen and oxygen atoms in total. The number of benzene rings is 2. The van der Waals surface area contributed by atoms with Crippen molar-refractivity contribution < 1.29 is 13.5 Å². The summed E-state index contributed by atoms with van der Waals surface area (Å²) in [5.74, 6) is 0.387. The molecule has 9 heteroatoms. The Hall–Kier alpha value is -2.62. The average molecular weight is 429 g/mol. The standard InChI is InChI=1S/C20H20N4O3S2/c1-12(25)11-13(2)29(26,27)20-22-15-8-4-3-7-14(15)18(24-20)23-19-21-16-9-5-6-10-17(16)28-19/h3-10,12-13,25H,11H2,1-2H3,(H,21,22,23,24). The first-order valence-corrected chi connectivity index (χ1v) is 11.5. The molecule has 2 atom stereocenters. The van der Waals surface area contributed by atoms with E-state index in [1.165, 1.54) is 11.3 Å². The number of hydrogen-bond donors (Lipinski definition) is 2. The zero-order valence-electron chi connectivity index (χ0n) is 15.9. The van der Waals surface area contributed by atoms with Crippen LogP contribution in [0, 0.1) is 0 Å². The van der Waals surface area contributed by atoms with Crippen molar-refractivity contribution in [1.82, 2.24) is 15.0 Å². The first kappa shape index (κ1) is 19.7. The highest BCUT2D eigenvalue weighted by Gasteiger charge is 2.28. The maximum Gasteiger partial charge on any atom is 0.249 e. The third-order valence-corrected chi connectivity index (χ3v) is 7.45. The van der Waals surface area contributed by atoms with Crippen molar-refractivity contribution in [3.05, 3.63) is 48.5 Å². The highest BCUT2D eigenvalue weighted by atomic mass is 32.2. The average Bonchev–Trinajstić information content (AvgIpc) is 3.09. The molecule has 2 N–H and O–H groups in total. The van der Waals surface area contributed by atoms with E-state index in [4.69, 9.17) is 0 Å². The van der Waals surface area contributed by atoms with Crippen molar-refractivity contribution in [3.8, 4) is 0 Å². The van der Waals surface area contributed by atoms with Crippen LogP contribution < -0.4 is 5.32 Å². The molecule has 4 aromatic rings. The van der Waals surface area contributed by atoms with Gasteiger partial charge in [0.15, 0.2) is 5.13 Å². The Morgan fingerprint density at radius 1 is 1.00 bits per heavy atom. The van der Waals surface area contributed by atoms with Gasteiger partial charge in [0.1, 0.15) is 5.82 Å². The summed E-state index contributed by atoms with van der Waals surface area (Å²) in [5.41, 5.74) is 1.38. The number of thiazole rings is 1. The zero-order valence-corrected chi connectivity index (χ0v) is 17.5. The Balaban J connectivity index is 1.80. The van der Waals surface area contributed by atoms with E-state index >= 15 is 0 Å². The highest BCUT2D eigenvalue weighted by molar-refractivity contribution is 7.91. The van der Waals surface area contributed by atoms with E-state index in [0.29, 0.717) is 21.9 Å². The third-order valence-electron chi connectivity index (χ3n) is 4.56. The van der Waals surface area contributed by atoms with Gasteiger partial charge in [0.25, 0.3) is 0 Å². The van der Waals surface area contributed by atoms with Crippen molar-refractivity contribution in [2.24, 2.45) is 0 Å². The molecule has 2 heterocycles. The molecule has 0 radical (unpaired) electrons. The summed E-state index contributed by atoms with van der Waals surface area (Å²) < 4.78 is 27.0. The van der Waals surface area contributed by atoms with Gasteiger partial charge in [0.05, 0.1) is 27.1 Å². The molecule has 0 saturated heterocycles. The topological polar surface area (TPSA) is 105 Å². The number of aromatic nitrogens is 3. The number of nitrogens with one attached hydrogen (secondary N) is 1. The molecule has 2 unspecified atom stereocenters. The van der Waals surface area contributed by atoms with Gasteiger partial charge < -0.3 is 10.4 Å². The van der Waals surface area contributed by atoms with E-state index in [9.17, 15) is 13.5 Å². The SMILES string of the molecule is CC(O)CC(C)S(=O)(=O)c1nc(Nc2nc3ccccc3s2)c2ccccc2n1. The summed E-state index contributed by atoms with van der Waals surface area (Å²) in [6.45, 7) is 3.12. The minimum absolute atomic E-state index is 0.110. The second kappa shape index (κ2) is 7.66. The predicted octanol–water partition coefficient (Wildman–Crippen LogP) is 3.92. The molecule has 0 bridgehead atoms. The van der Waals surface area contributed by atoms with E-state index in [1.54, 1.807) is 26.0 Å². The minimum atomic E-state index is -3.80. The van der Waals surface area contributed by atoms with Crippen LogP contribution in [0.2, 0.25) is 0 Å². The van der Waals surface area contributed by atoms with Crippen LogP contribution in [0.15, 0.2) is 53.7 Å². The number of nitrogens with zero attached hydrogens (tertiary/aromatic N) is 3. The highest BCUT2D eigenvalue weighted by Crippen LogP contribution is 2.31. The molecule has 150 valence electrons. The Morgan fingerprint density at radius 3 is 2.41 bits per heavy atom. The molecular weight excluding hydrogens is 408 g/mol. The van der Waals surface area contributed by atoms with Crippen molar-refractivity contribution in [1.29, 1.82) is 0 Å². The first-order chi connectivity index (χ1) is 13.8. The number of aliphatic hydroxyl groups is 1. The van der Waals surface area contributed by atoms with Gasteiger partial charge in [-0.05, 0) is 44.5 Å². The molecule has 0 aliphatic rings. The fraction of sp³-hybridized carbons (Fsp3) is 0.250. The lowest BCUT2D eigenvalue weighted by Gasteiger charge is -2.15. The lowest BCUT2D eigenvalue weighted by atomic mass is 10.2. The molecule has 0 aliphatic heterocycles. The van der Waals surface area contributed by atoms with E-state index < -0.39 is 21.2 Å². The van der Waals surface area contributed by atoms with Gasteiger partial charge in [-0.15, -0.1) is 0 Å². The van der Waals surface area contributed by atoms with Crippen LogP contribution in [0.4, 0.5) is 10.9 Å². The van der Waals surface area contributed by atoms with Crippen LogP contribution in [0.3, 0.4) is 0 Å². The predicted molar refractivity (Wildman–Crippen MR) is 115 cm³/mol. The number of hydrogen-bond acceptors (Lipinski definition) is 8. The summed E-state index contributed by atoms with van der Waals surface area (Å²) in [7, 11) is -3.80. The summed E-state index contributed by atoms with van der Waals surface area (Å²) in [4.78, 5) is 13.2. The van der Waals surface area contributed by atoms with Gasteiger partial charge in [0, 0.05) is 5.39 Å². The molecule has 2 aromatic heterocycles. The molecule has 29 heavy (non-hydrogen) atoms. The Bertz CT molecular complexity index is 1250. The quantitative estimate of drug-likeness (QED) is 0.449. The third kappa shape index (κ3) is 3.93. The fourth-order valence-electron chi connectivity index (χ4n) is 3.09. The van der Waals surface area contributed by atoms with Crippen LogP contribution in [0.5, 0.6) is 0 Å². The van der Waals surface area contributed by atoms with Crippen LogP contribution in [0.1, 0.15) is 20.3 Å². The maximum atomic E-state index is 13.0. The Morgan fingerprint density at radius 2 is 1.69 bits per heavy atom. The molecule has 0 saturated carbocycles. The van der Waals surface area contributed by atoms with Crippen LogP contribution in [0.25, 0.3) is 21.1 Å². The lowest BCUT2D eigenvalue weighted by Crippen LogP contribution is -2.24. The normalized spacial score (nSPS) is 14.2. The zero-order chi connectivity index (χ0) is 20.6. The smallest absolute Gasteiger partial charge is 0.249 e. The summed E-state index contributed by atoms with van der Waals surface area (Å²) in [6, 6.07) is 15.0. The molecule has 0 fully saturated rings. The van der Waals surface area contributed by atoms with E-state index in [0.717, 1.165) is 10.2 Å². The van der Waals surface area contributed by atoms with Crippen LogP contribution >= 0.6 is 11.3 Å². The maximum absolute atomic E-state index is 13.0. The summed E-state index contributed by atoms with van der Waals surface area (Å²) in [5, 5.41) is 13.0. The number of fused-ring (bicyclic) bond motifs is 2. The molecule has 0 spiro atoms. The second-order valence-corrected chi connectivity index (χ2v) is 10.2. The largest absolute Gasteiger partial charge is 0.393 e. The number of para-hydroxylation sites is 2. The van der Waals surface area contributed by atoms with Gasteiger partial charge in [-0.3, -0.25) is 0 Å². The van der Waals surface area contributed by atoms with Crippen LogP contribution in [-0.2, 0) is 9.84 Å². The minimum Gasteiger partial charge on any atom is -0.393 e. The molecule has 0 amide bonds. The number of anilines is 2. The number of rotatable bonds is 6. The number of sulfone groups is 1. The first-order valence-electron chi connectivity index (χ1n) is 9.16. The molecule has 0 aliphatic carbocycles. The van der Waals surface area contributed by atoms with E-state index in [2.05, 4.69) is 20.3 Å². The van der Waals surface area contributed by atoms with Crippen molar-refractivity contribution >= 4 is 53.2 Å². The molecule has 2 aromatic carbocycles. The summed E-state index contributed by atoms with van der Waals surface area (Å²) >= 11 is 1.46. The van der Waals surface area contributed by atoms with Gasteiger partial charge >= 0.3 is 0 Å².